The van der Waals surface area contributed by atoms with Gasteiger partial charge < -0.3 is 9.88 Å². The molecule has 0 atom stereocenters. The molecule has 0 radical (unpaired) electrons. The molecule has 14 heavy (non-hydrogen) atoms. The molecule has 0 saturated carbocycles. The van der Waals surface area contributed by atoms with Gasteiger partial charge in [0, 0.05) is 23.1 Å². The van der Waals surface area contributed by atoms with Crippen molar-refractivity contribution in [3.63, 3.8) is 0 Å². The van der Waals surface area contributed by atoms with Crippen molar-refractivity contribution in [2.24, 2.45) is 0 Å². The van der Waals surface area contributed by atoms with Crippen molar-refractivity contribution in [2.75, 3.05) is 14.1 Å². The first-order valence-electron chi connectivity index (χ1n) is 4.57. The van der Waals surface area contributed by atoms with Crippen molar-refractivity contribution in [3.05, 3.63) is 35.8 Å². The number of nitrogens with zero attached hydrogens (tertiary/aromatic N) is 1. The molecule has 0 aliphatic carbocycles. The van der Waals surface area contributed by atoms with Crippen LogP contribution >= 0.6 is 0 Å². The summed E-state index contributed by atoms with van der Waals surface area (Å²) in [4.78, 5) is 5.32. The lowest BCUT2D eigenvalue weighted by Crippen LogP contribution is -2.10. The van der Waals surface area contributed by atoms with Crippen molar-refractivity contribution in [2.45, 2.75) is 6.54 Å². The minimum absolute atomic E-state index is 0.187. The van der Waals surface area contributed by atoms with Gasteiger partial charge in [0.2, 0.25) is 0 Å². The second kappa shape index (κ2) is 3.42. The third-order valence-electron chi connectivity index (χ3n) is 2.13. The van der Waals surface area contributed by atoms with Crippen LogP contribution in [0.15, 0.2) is 24.3 Å². The van der Waals surface area contributed by atoms with Crippen LogP contribution in [-0.2, 0) is 6.54 Å². The summed E-state index contributed by atoms with van der Waals surface area (Å²) in [5.41, 5.74) is 2.10. The maximum absolute atomic E-state index is 12.9. The largest absolute Gasteiger partial charge is 0.357 e. The standard InChI is InChI=1S/C11H13FN2/c1-14(2)7-10-6-8-5-9(12)3-4-11(8)13-10/h3-6,13H,7H2,1-2H3. The fraction of sp³-hybridized carbons (Fsp3) is 0.273. The van der Waals surface area contributed by atoms with Gasteiger partial charge in [-0.3, -0.25) is 0 Å². The normalized spacial score (nSPS) is 11.4. The SMILES string of the molecule is CN(C)Cc1cc2cc(F)ccc2[nH]1. The van der Waals surface area contributed by atoms with Gasteiger partial charge in [0.05, 0.1) is 0 Å². The van der Waals surface area contributed by atoms with Gasteiger partial charge in [0.25, 0.3) is 0 Å². The van der Waals surface area contributed by atoms with E-state index in [2.05, 4.69) is 9.88 Å². The maximum Gasteiger partial charge on any atom is 0.123 e. The molecule has 0 bridgehead atoms. The zero-order valence-corrected chi connectivity index (χ0v) is 8.34. The molecule has 0 saturated heterocycles. The van der Waals surface area contributed by atoms with Crippen LogP contribution in [0.4, 0.5) is 4.39 Å². The summed E-state index contributed by atoms with van der Waals surface area (Å²) in [7, 11) is 4.01. The zero-order chi connectivity index (χ0) is 10.1. The molecule has 3 heteroatoms. The molecule has 1 aromatic carbocycles. The molecule has 0 spiro atoms. The number of benzene rings is 1. The molecule has 1 N–H and O–H groups in total. The highest BCUT2D eigenvalue weighted by molar-refractivity contribution is 5.80. The smallest absolute Gasteiger partial charge is 0.123 e. The van der Waals surface area contributed by atoms with E-state index in [9.17, 15) is 4.39 Å². The first kappa shape index (κ1) is 9.21. The summed E-state index contributed by atoms with van der Waals surface area (Å²) in [6.07, 6.45) is 0. The quantitative estimate of drug-likeness (QED) is 0.774. The molecule has 2 rings (SSSR count). The first-order valence-corrected chi connectivity index (χ1v) is 4.57. The molecular formula is C11H13FN2. The van der Waals surface area contributed by atoms with E-state index in [4.69, 9.17) is 0 Å². The van der Waals surface area contributed by atoms with Gasteiger partial charge in [-0.1, -0.05) is 0 Å². The Morgan fingerprint density at radius 1 is 1.29 bits per heavy atom. The molecule has 1 aromatic heterocycles. The fourth-order valence-corrected chi connectivity index (χ4v) is 1.59. The minimum Gasteiger partial charge on any atom is -0.357 e. The number of H-pyrrole nitrogens is 1. The predicted molar refractivity (Wildman–Crippen MR) is 55.6 cm³/mol. The summed E-state index contributed by atoms with van der Waals surface area (Å²) < 4.78 is 12.9. The van der Waals surface area contributed by atoms with Gasteiger partial charge in [-0.05, 0) is 38.4 Å². The Labute approximate surface area is 82.3 Å². The van der Waals surface area contributed by atoms with E-state index in [0.717, 1.165) is 23.1 Å². The van der Waals surface area contributed by atoms with Gasteiger partial charge in [0.1, 0.15) is 5.82 Å². The van der Waals surface area contributed by atoms with Crippen LogP contribution in [0, 0.1) is 5.82 Å². The lowest BCUT2D eigenvalue weighted by molar-refractivity contribution is 0.398. The molecule has 2 nitrogen and oxygen atoms in total. The van der Waals surface area contributed by atoms with Crippen LogP contribution in [-0.4, -0.2) is 24.0 Å². The van der Waals surface area contributed by atoms with Gasteiger partial charge in [-0.15, -0.1) is 0 Å². The van der Waals surface area contributed by atoms with Crippen molar-refractivity contribution in [1.29, 1.82) is 0 Å². The molecule has 0 aliphatic heterocycles. The van der Waals surface area contributed by atoms with E-state index in [1.807, 2.05) is 20.2 Å². The van der Waals surface area contributed by atoms with E-state index in [1.165, 1.54) is 6.07 Å². The number of aromatic nitrogens is 1. The Morgan fingerprint density at radius 2 is 2.07 bits per heavy atom. The van der Waals surface area contributed by atoms with Crippen molar-refractivity contribution < 1.29 is 4.39 Å². The van der Waals surface area contributed by atoms with Crippen molar-refractivity contribution in [3.8, 4) is 0 Å². The van der Waals surface area contributed by atoms with Crippen LogP contribution < -0.4 is 0 Å². The number of halogens is 1. The highest BCUT2D eigenvalue weighted by atomic mass is 19.1. The molecule has 2 aromatic rings. The summed E-state index contributed by atoms with van der Waals surface area (Å²) >= 11 is 0. The Hall–Kier alpha value is -1.35. The summed E-state index contributed by atoms with van der Waals surface area (Å²) in [5.74, 6) is -0.187. The Morgan fingerprint density at radius 3 is 2.79 bits per heavy atom. The van der Waals surface area contributed by atoms with Gasteiger partial charge in [0.15, 0.2) is 0 Å². The maximum atomic E-state index is 12.9. The van der Waals surface area contributed by atoms with Crippen LogP contribution in [0.3, 0.4) is 0 Å². The van der Waals surface area contributed by atoms with E-state index < -0.39 is 0 Å². The van der Waals surface area contributed by atoms with E-state index >= 15 is 0 Å². The fourth-order valence-electron chi connectivity index (χ4n) is 1.59. The van der Waals surface area contributed by atoms with E-state index in [1.54, 1.807) is 12.1 Å². The van der Waals surface area contributed by atoms with Gasteiger partial charge in [-0.25, -0.2) is 4.39 Å². The van der Waals surface area contributed by atoms with Crippen LogP contribution in [0.1, 0.15) is 5.69 Å². The van der Waals surface area contributed by atoms with Gasteiger partial charge >= 0.3 is 0 Å². The van der Waals surface area contributed by atoms with E-state index in [0.29, 0.717) is 0 Å². The molecule has 0 fully saturated rings. The molecule has 74 valence electrons. The van der Waals surface area contributed by atoms with Crippen molar-refractivity contribution in [1.82, 2.24) is 9.88 Å². The molecule has 1 heterocycles. The Balaban J connectivity index is 2.41. The van der Waals surface area contributed by atoms with E-state index in [-0.39, 0.29) is 5.82 Å². The second-order valence-corrected chi connectivity index (χ2v) is 3.76. The highest BCUT2D eigenvalue weighted by Gasteiger charge is 2.02. The van der Waals surface area contributed by atoms with Crippen LogP contribution in [0.5, 0.6) is 0 Å². The number of fused-ring (bicyclic) bond motifs is 1. The van der Waals surface area contributed by atoms with Crippen molar-refractivity contribution >= 4 is 10.9 Å². The summed E-state index contributed by atoms with van der Waals surface area (Å²) in [6.45, 7) is 0.844. The number of rotatable bonds is 2. The summed E-state index contributed by atoms with van der Waals surface area (Å²) in [6, 6.07) is 6.77. The number of nitrogens with one attached hydrogen (secondary N) is 1. The minimum atomic E-state index is -0.187. The predicted octanol–water partition coefficient (Wildman–Crippen LogP) is 2.37. The number of hydrogen-bond acceptors (Lipinski definition) is 1. The number of hydrogen-bond donors (Lipinski definition) is 1. The molecular weight excluding hydrogens is 179 g/mol. The van der Waals surface area contributed by atoms with Crippen LogP contribution in [0.2, 0.25) is 0 Å². The first-order chi connectivity index (χ1) is 6.65. The third-order valence-corrected chi connectivity index (χ3v) is 2.13. The molecule has 0 aliphatic rings. The monoisotopic (exact) mass is 192 g/mol. The number of aromatic amines is 1. The lowest BCUT2D eigenvalue weighted by atomic mass is 10.2. The second-order valence-electron chi connectivity index (χ2n) is 3.76. The average molecular weight is 192 g/mol. The Bertz CT molecular complexity index is 445. The lowest BCUT2D eigenvalue weighted by Gasteiger charge is -2.06. The van der Waals surface area contributed by atoms with Crippen LogP contribution in [0.25, 0.3) is 10.9 Å². The third kappa shape index (κ3) is 1.77. The summed E-state index contributed by atoms with van der Waals surface area (Å²) in [5, 5.41) is 0.932. The topological polar surface area (TPSA) is 19.0 Å². The zero-order valence-electron chi connectivity index (χ0n) is 8.34. The van der Waals surface area contributed by atoms with Gasteiger partial charge in [-0.2, -0.15) is 0 Å². The molecule has 0 amide bonds. The highest BCUT2D eigenvalue weighted by Crippen LogP contribution is 2.17. The Kier molecular flexibility index (Phi) is 2.25. The average Bonchev–Trinajstić information content (AvgIpc) is 2.44. The molecule has 0 unspecified atom stereocenters.